The molecule has 0 spiro atoms. The van der Waals surface area contributed by atoms with E-state index < -0.39 is 27.9 Å². The number of rotatable bonds is 7. The van der Waals surface area contributed by atoms with Crippen LogP contribution in [0.4, 0.5) is 4.79 Å². The number of thiophene rings is 1. The van der Waals surface area contributed by atoms with Gasteiger partial charge in [0, 0.05) is 31.1 Å². The monoisotopic (exact) mass is 462 g/mol. The summed E-state index contributed by atoms with van der Waals surface area (Å²) >= 11 is 1.41. The predicted molar refractivity (Wildman–Crippen MR) is 114 cm³/mol. The number of carbonyl (C=O) groups excluding carboxylic acids is 3. The minimum atomic E-state index is -3.46. The van der Waals surface area contributed by atoms with Gasteiger partial charge in [0.15, 0.2) is 0 Å². The number of piperazine rings is 1. The lowest BCUT2D eigenvalue weighted by Crippen LogP contribution is -2.52. The molecule has 0 aliphatic carbocycles. The van der Waals surface area contributed by atoms with E-state index in [2.05, 4.69) is 0 Å². The van der Waals surface area contributed by atoms with Gasteiger partial charge in [0.05, 0.1) is 19.0 Å². The Labute approximate surface area is 184 Å². The number of hydrogen-bond acceptors (Lipinski definition) is 7. The average molecular weight is 463 g/mol. The van der Waals surface area contributed by atoms with Crippen LogP contribution in [0.25, 0.3) is 0 Å². The summed E-state index contributed by atoms with van der Waals surface area (Å²) in [6.07, 6.45) is 0. The molecular weight excluding hydrogens is 440 g/mol. The molecule has 0 saturated carbocycles. The van der Waals surface area contributed by atoms with Crippen molar-refractivity contribution in [1.29, 1.82) is 0 Å². The molecular formula is C20H22N4O5S2. The van der Waals surface area contributed by atoms with Crippen molar-refractivity contribution in [2.45, 2.75) is 12.3 Å². The third-order valence-electron chi connectivity index (χ3n) is 5.29. The predicted octanol–water partition coefficient (Wildman–Crippen LogP) is 1.14. The van der Waals surface area contributed by atoms with Crippen molar-refractivity contribution in [1.82, 2.24) is 19.0 Å². The van der Waals surface area contributed by atoms with E-state index in [9.17, 15) is 22.8 Å². The molecule has 1 aromatic carbocycles. The Balaban J connectivity index is 1.34. The van der Waals surface area contributed by atoms with Gasteiger partial charge in [0.1, 0.15) is 0 Å². The van der Waals surface area contributed by atoms with E-state index in [1.165, 1.54) is 15.6 Å². The molecule has 4 rings (SSSR count). The minimum absolute atomic E-state index is 0.0308. The summed E-state index contributed by atoms with van der Waals surface area (Å²) in [6, 6.07) is 12.0. The zero-order valence-corrected chi connectivity index (χ0v) is 18.3. The van der Waals surface area contributed by atoms with Crippen LogP contribution in [-0.4, -0.2) is 78.1 Å². The molecule has 0 N–H and O–H groups in total. The van der Waals surface area contributed by atoms with Gasteiger partial charge >= 0.3 is 17.8 Å². The zero-order chi connectivity index (χ0) is 22.0. The summed E-state index contributed by atoms with van der Waals surface area (Å²) in [5, 5.41) is 1.84. The summed E-state index contributed by atoms with van der Waals surface area (Å²) in [4.78, 5) is 41.8. The van der Waals surface area contributed by atoms with Gasteiger partial charge in [-0.2, -0.15) is 4.31 Å². The second-order valence-electron chi connectivity index (χ2n) is 7.39. The topological polar surface area (TPSA) is 98.3 Å². The van der Waals surface area contributed by atoms with E-state index in [1.54, 1.807) is 30.3 Å². The maximum Gasteiger partial charge on any atom is 0.335 e. The SMILES string of the molecule is O=C1C(=O)N(CN2CCN(S(=O)(=O)Cc3ccccc3)CC2)C(=O)N1Cc1cccs1. The Bertz CT molecular complexity index is 1060. The van der Waals surface area contributed by atoms with E-state index in [0.29, 0.717) is 13.1 Å². The normalized spacial score (nSPS) is 18.9. The molecule has 0 radical (unpaired) electrons. The average Bonchev–Trinajstić information content (AvgIpc) is 3.34. The van der Waals surface area contributed by atoms with Crippen LogP contribution in [0.15, 0.2) is 47.8 Å². The summed E-state index contributed by atoms with van der Waals surface area (Å²) in [5.74, 6) is -1.74. The molecule has 0 unspecified atom stereocenters. The van der Waals surface area contributed by atoms with Gasteiger partial charge in [-0.05, 0) is 17.0 Å². The number of sulfonamides is 1. The van der Waals surface area contributed by atoms with Crippen LogP contribution >= 0.6 is 11.3 Å². The number of nitrogens with zero attached hydrogens (tertiary/aromatic N) is 4. The summed E-state index contributed by atoms with van der Waals surface area (Å²) in [6.45, 7) is 1.30. The Hall–Kier alpha value is -2.60. The van der Waals surface area contributed by atoms with Gasteiger partial charge in [-0.3, -0.25) is 19.4 Å². The molecule has 2 aromatic rings. The first-order chi connectivity index (χ1) is 14.8. The summed E-state index contributed by atoms with van der Waals surface area (Å²) < 4.78 is 26.8. The van der Waals surface area contributed by atoms with E-state index in [4.69, 9.17) is 0 Å². The minimum Gasteiger partial charge on any atom is -0.283 e. The highest BCUT2D eigenvalue weighted by Crippen LogP contribution is 2.20. The number of benzene rings is 1. The molecule has 1 aromatic heterocycles. The molecule has 11 heteroatoms. The van der Waals surface area contributed by atoms with Crippen molar-refractivity contribution in [3.8, 4) is 0 Å². The second kappa shape index (κ2) is 8.87. The van der Waals surface area contributed by atoms with E-state index in [0.717, 1.165) is 20.2 Å². The van der Waals surface area contributed by atoms with Crippen molar-refractivity contribution in [2.75, 3.05) is 32.8 Å². The van der Waals surface area contributed by atoms with Crippen LogP contribution in [-0.2, 0) is 31.9 Å². The lowest BCUT2D eigenvalue weighted by atomic mass is 10.2. The molecule has 2 saturated heterocycles. The van der Waals surface area contributed by atoms with Crippen LogP contribution in [0.1, 0.15) is 10.4 Å². The molecule has 2 aliphatic heterocycles. The number of carbonyl (C=O) groups is 3. The molecule has 2 aliphatic rings. The lowest BCUT2D eigenvalue weighted by Gasteiger charge is -2.35. The van der Waals surface area contributed by atoms with E-state index in [-0.39, 0.29) is 32.1 Å². The molecule has 2 fully saturated rings. The number of hydrogen-bond donors (Lipinski definition) is 0. The standard InChI is InChI=1S/C20H22N4O5S2/c25-18-19(26)24(20(27)23(18)13-17-7-4-12-30-17)15-21-8-10-22(11-9-21)31(28,29)14-16-5-2-1-3-6-16/h1-7,12H,8-11,13-15H2. The molecule has 0 atom stereocenters. The second-order valence-corrected chi connectivity index (χ2v) is 10.4. The summed E-state index contributed by atoms with van der Waals surface area (Å²) in [7, 11) is -3.46. The Morgan fingerprint density at radius 1 is 0.839 bits per heavy atom. The molecule has 164 valence electrons. The highest BCUT2D eigenvalue weighted by molar-refractivity contribution is 7.88. The van der Waals surface area contributed by atoms with Crippen LogP contribution in [0.3, 0.4) is 0 Å². The fourth-order valence-electron chi connectivity index (χ4n) is 3.60. The van der Waals surface area contributed by atoms with Crippen molar-refractivity contribution in [3.05, 3.63) is 58.3 Å². The first-order valence-corrected chi connectivity index (χ1v) is 12.3. The van der Waals surface area contributed by atoms with E-state index >= 15 is 0 Å². The smallest absolute Gasteiger partial charge is 0.283 e. The third kappa shape index (κ3) is 4.69. The number of urea groups is 1. The van der Waals surface area contributed by atoms with Crippen molar-refractivity contribution < 1.29 is 22.8 Å². The van der Waals surface area contributed by atoms with Gasteiger partial charge in [-0.15, -0.1) is 11.3 Å². The van der Waals surface area contributed by atoms with Crippen LogP contribution < -0.4 is 0 Å². The van der Waals surface area contributed by atoms with Gasteiger partial charge in [0.2, 0.25) is 10.0 Å². The highest BCUT2D eigenvalue weighted by Gasteiger charge is 2.45. The van der Waals surface area contributed by atoms with Gasteiger partial charge in [-0.1, -0.05) is 36.4 Å². The van der Waals surface area contributed by atoms with Crippen molar-refractivity contribution in [2.24, 2.45) is 0 Å². The highest BCUT2D eigenvalue weighted by atomic mass is 32.2. The number of amides is 4. The molecule has 3 heterocycles. The van der Waals surface area contributed by atoms with Crippen LogP contribution in [0, 0.1) is 0 Å². The fraction of sp³-hybridized carbons (Fsp3) is 0.350. The number of imide groups is 2. The molecule has 31 heavy (non-hydrogen) atoms. The summed E-state index contributed by atoms with van der Waals surface area (Å²) in [5.41, 5.74) is 0.725. The van der Waals surface area contributed by atoms with Crippen LogP contribution in [0.5, 0.6) is 0 Å². The third-order valence-corrected chi connectivity index (χ3v) is 8.00. The first-order valence-electron chi connectivity index (χ1n) is 9.79. The lowest BCUT2D eigenvalue weighted by molar-refractivity contribution is -0.144. The fourth-order valence-corrected chi connectivity index (χ4v) is 5.81. The largest absolute Gasteiger partial charge is 0.335 e. The van der Waals surface area contributed by atoms with Crippen molar-refractivity contribution >= 4 is 39.2 Å². The van der Waals surface area contributed by atoms with E-state index in [1.807, 2.05) is 22.4 Å². The Morgan fingerprint density at radius 3 is 2.16 bits per heavy atom. The van der Waals surface area contributed by atoms with Crippen LogP contribution in [0.2, 0.25) is 0 Å². The molecule has 9 nitrogen and oxygen atoms in total. The van der Waals surface area contributed by atoms with Gasteiger partial charge < -0.3 is 0 Å². The maximum atomic E-state index is 12.7. The Kier molecular flexibility index (Phi) is 6.19. The zero-order valence-electron chi connectivity index (χ0n) is 16.7. The van der Waals surface area contributed by atoms with Gasteiger partial charge in [-0.25, -0.2) is 18.1 Å². The Morgan fingerprint density at radius 2 is 1.52 bits per heavy atom. The maximum absolute atomic E-state index is 12.7. The molecule has 0 bridgehead atoms. The quantitative estimate of drug-likeness (QED) is 0.452. The van der Waals surface area contributed by atoms with Crippen molar-refractivity contribution in [3.63, 3.8) is 0 Å². The first kappa shape index (κ1) is 21.6. The molecule has 4 amide bonds. The van der Waals surface area contributed by atoms with Gasteiger partial charge in [0.25, 0.3) is 0 Å².